The molecule has 1 saturated heterocycles. The number of carbonyl (C=O) groups excluding carboxylic acids is 2. The maximum Gasteiger partial charge on any atom is 0.374 e. The lowest BCUT2D eigenvalue weighted by Gasteiger charge is -2.14. The van der Waals surface area contributed by atoms with Crippen LogP contribution >= 0.6 is 0 Å². The van der Waals surface area contributed by atoms with Crippen molar-refractivity contribution in [2.75, 3.05) is 13.2 Å². The Kier molecular flexibility index (Phi) is 5.05. The lowest BCUT2D eigenvalue weighted by molar-refractivity contribution is 0.0446. The van der Waals surface area contributed by atoms with Gasteiger partial charge in [-0.25, -0.2) is 4.79 Å². The Morgan fingerprint density at radius 2 is 2.04 bits per heavy atom. The van der Waals surface area contributed by atoms with Gasteiger partial charge in [-0.2, -0.15) is 0 Å². The molecule has 6 nitrogen and oxygen atoms in total. The van der Waals surface area contributed by atoms with Crippen LogP contribution < -0.4 is 0 Å². The van der Waals surface area contributed by atoms with Crippen LogP contribution in [0.1, 0.15) is 45.1 Å². The Balaban J connectivity index is 1.42. The average Bonchev–Trinajstić information content (AvgIpc) is 3.41. The van der Waals surface area contributed by atoms with E-state index >= 15 is 0 Å². The van der Waals surface area contributed by atoms with Crippen LogP contribution in [-0.4, -0.2) is 35.6 Å². The van der Waals surface area contributed by atoms with Gasteiger partial charge in [0.1, 0.15) is 5.58 Å². The lowest BCUT2D eigenvalue weighted by Crippen LogP contribution is -2.18. The first-order valence-corrected chi connectivity index (χ1v) is 9.50. The molecular weight excluding hydrogens is 358 g/mol. The van der Waals surface area contributed by atoms with Gasteiger partial charge in [0.25, 0.3) is 0 Å². The Bertz CT molecular complexity index is 990. The predicted molar refractivity (Wildman–Crippen MR) is 104 cm³/mol. The van der Waals surface area contributed by atoms with E-state index in [2.05, 4.69) is 4.57 Å². The minimum Gasteiger partial charge on any atom is -0.451 e. The standard InChI is InChI=1S/C22H23NO5/c1-14-10-18(15(2)23(14)12-17-7-5-9-26-17)19(24)13-27-22(25)21-11-16-6-3-4-8-20(16)28-21/h3-4,6,8,10-11,17H,5,7,9,12-13H2,1-2H3/t17-/m0/s1. The fourth-order valence-electron chi connectivity index (χ4n) is 3.72. The predicted octanol–water partition coefficient (Wildman–Crippen LogP) is 4.07. The Labute approximate surface area is 163 Å². The summed E-state index contributed by atoms with van der Waals surface area (Å²) in [4.78, 5) is 24.9. The molecule has 1 atom stereocenters. The number of rotatable bonds is 6. The second-order valence-corrected chi connectivity index (χ2v) is 7.18. The van der Waals surface area contributed by atoms with Crippen LogP contribution in [0.25, 0.3) is 11.0 Å². The van der Waals surface area contributed by atoms with Crippen molar-refractivity contribution < 1.29 is 23.5 Å². The molecule has 0 radical (unpaired) electrons. The molecule has 146 valence electrons. The number of hydrogen-bond acceptors (Lipinski definition) is 5. The zero-order valence-electron chi connectivity index (χ0n) is 16.1. The highest BCUT2D eigenvalue weighted by Crippen LogP contribution is 2.22. The van der Waals surface area contributed by atoms with Gasteiger partial charge in [-0.3, -0.25) is 4.79 Å². The van der Waals surface area contributed by atoms with Crippen molar-refractivity contribution in [3.8, 4) is 0 Å². The summed E-state index contributed by atoms with van der Waals surface area (Å²) in [6, 6.07) is 10.8. The van der Waals surface area contributed by atoms with Gasteiger partial charge in [0.2, 0.25) is 11.5 Å². The normalized spacial score (nSPS) is 16.6. The first kappa shape index (κ1) is 18.5. The number of aryl methyl sites for hydroxylation is 1. The van der Waals surface area contributed by atoms with Crippen molar-refractivity contribution in [2.45, 2.75) is 39.3 Å². The van der Waals surface area contributed by atoms with E-state index in [1.54, 1.807) is 12.1 Å². The van der Waals surface area contributed by atoms with E-state index in [-0.39, 0.29) is 24.3 Å². The molecule has 0 N–H and O–H groups in total. The number of benzene rings is 1. The lowest BCUT2D eigenvalue weighted by atomic mass is 10.1. The highest BCUT2D eigenvalue weighted by atomic mass is 16.5. The van der Waals surface area contributed by atoms with Gasteiger partial charge in [-0.1, -0.05) is 18.2 Å². The second kappa shape index (κ2) is 7.64. The topological polar surface area (TPSA) is 70.7 Å². The molecule has 1 aliphatic heterocycles. The van der Waals surface area contributed by atoms with E-state index in [1.807, 2.05) is 38.1 Å². The summed E-state index contributed by atoms with van der Waals surface area (Å²) in [7, 11) is 0. The van der Waals surface area contributed by atoms with Crippen molar-refractivity contribution in [3.63, 3.8) is 0 Å². The molecule has 0 unspecified atom stereocenters. The van der Waals surface area contributed by atoms with Gasteiger partial charge >= 0.3 is 5.97 Å². The van der Waals surface area contributed by atoms with Crippen molar-refractivity contribution in [1.29, 1.82) is 0 Å². The van der Waals surface area contributed by atoms with E-state index < -0.39 is 5.97 Å². The molecule has 3 heterocycles. The van der Waals surface area contributed by atoms with Gasteiger partial charge in [-0.05, 0) is 44.9 Å². The maximum absolute atomic E-state index is 12.6. The third-order valence-corrected chi connectivity index (χ3v) is 5.25. The third kappa shape index (κ3) is 3.60. The molecule has 0 spiro atoms. The summed E-state index contributed by atoms with van der Waals surface area (Å²) >= 11 is 0. The van der Waals surface area contributed by atoms with Gasteiger partial charge in [0.15, 0.2) is 6.61 Å². The molecule has 0 bridgehead atoms. The van der Waals surface area contributed by atoms with Gasteiger partial charge in [0.05, 0.1) is 6.10 Å². The first-order valence-electron chi connectivity index (χ1n) is 9.50. The number of hydrogen-bond donors (Lipinski definition) is 0. The summed E-state index contributed by atoms with van der Waals surface area (Å²) in [6.45, 7) is 5.10. The molecule has 0 saturated carbocycles. The first-order chi connectivity index (χ1) is 13.5. The van der Waals surface area contributed by atoms with Crippen molar-refractivity contribution >= 4 is 22.7 Å². The van der Waals surface area contributed by atoms with E-state index in [4.69, 9.17) is 13.9 Å². The fraction of sp³-hybridized carbons (Fsp3) is 0.364. The highest BCUT2D eigenvalue weighted by Gasteiger charge is 2.22. The van der Waals surface area contributed by atoms with E-state index in [0.717, 1.165) is 42.8 Å². The number of furan rings is 1. The van der Waals surface area contributed by atoms with Gasteiger partial charge in [0, 0.05) is 35.5 Å². The fourth-order valence-corrected chi connectivity index (χ4v) is 3.72. The number of ketones is 1. The third-order valence-electron chi connectivity index (χ3n) is 5.25. The highest BCUT2D eigenvalue weighted by molar-refractivity contribution is 6.00. The molecule has 0 aliphatic carbocycles. The Morgan fingerprint density at radius 1 is 1.21 bits per heavy atom. The number of para-hydroxylation sites is 1. The monoisotopic (exact) mass is 381 g/mol. The summed E-state index contributed by atoms with van der Waals surface area (Å²) < 4.78 is 18.5. The largest absolute Gasteiger partial charge is 0.451 e. The summed E-state index contributed by atoms with van der Waals surface area (Å²) in [5, 5.41) is 0.818. The van der Waals surface area contributed by atoms with Crippen LogP contribution in [0.2, 0.25) is 0 Å². The number of fused-ring (bicyclic) bond motifs is 1. The minimum atomic E-state index is -0.641. The number of Topliss-reactive ketones (excluding diaryl/α,β-unsaturated/α-hetero) is 1. The van der Waals surface area contributed by atoms with E-state index in [9.17, 15) is 9.59 Å². The zero-order valence-corrected chi connectivity index (χ0v) is 16.1. The van der Waals surface area contributed by atoms with Crippen LogP contribution in [0.4, 0.5) is 0 Å². The number of ether oxygens (including phenoxy) is 2. The SMILES string of the molecule is Cc1cc(C(=O)COC(=O)c2cc3ccccc3o2)c(C)n1C[C@@H]1CCCO1. The van der Waals surface area contributed by atoms with E-state index in [0.29, 0.717) is 11.1 Å². The van der Waals surface area contributed by atoms with E-state index in [1.165, 1.54) is 0 Å². The maximum atomic E-state index is 12.6. The van der Waals surface area contributed by atoms with Gasteiger partial charge in [-0.15, -0.1) is 0 Å². The Morgan fingerprint density at radius 3 is 2.79 bits per heavy atom. The molecule has 1 fully saturated rings. The van der Waals surface area contributed by atoms with Crippen molar-refractivity contribution in [3.05, 3.63) is 59.1 Å². The smallest absolute Gasteiger partial charge is 0.374 e. The molecule has 0 amide bonds. The zero-order chi connectivity index (χ0) is 19.7. The molecule has 1 aliphatic rings. The quantitative estimate of drug-likeness (QED) is 0.475. The van der Waals surface area contributed by atoms with Crippen LogP contribution in [0, 0.1) is 13.8 Å². The summed E-state index contributed by atoms with van der Waals surface area (Å²) in [6.07, 6.45) is 2.31. The number of nitrogens with zero attached hydrogens (tertiary/aromatic N) is 1. The second-order valence-electron chi connectivity index (χ2n) is 7.18. The van der Waals surface area contributed by atoms with Crippen LogP contribution in [0.5, 0.6) is 0 Å². The number of aromatic nitrogens is 1. The number of esters is 1. The number of carbonyl (C=O) groups is 2. The molecule has 2 aromatic heterocycles. The molecule has 1 aromatic carbocycles. The Hall–Kier alpha value is -2.86. The summed E-state index contributed by atoms with van der Waals surface area (Å²) in [5.41, 5.74) is 3.06. The van der Waals surface area contributed by atoms with Crippen LogP contribution in [0.15, 0.2) is 40.8 Å². The average molecular weight is 381 g/mol. The minimum absolute atomic E-state index is 0.0952. The van der Waals surface area contributed by atoms with Crippen LogP contribution in [0.3, 0.4) is 0 Å². The summed E-state index contributed by atoms with van der Waals surface area (Å²) in [5.74, 6) is -0.772. The molecule has 4 rings (SSSR count). The molecule has 3 aromatic rings. The molecule has 28 heavy (non-hydrogen) atoms. The van der Waals surface area contributed by atoms with Crippen molar-refractivity contribution in [2.24, 2.45) is 0 Å². The van der Waals surface area contributed by atoms with Crippen molar-refractivity contribution in [1.82, 2.24) is 4.57 Å². The molecular formula is C22H23NO5. The van der Waals surface area contributed by atoms with Crippen LogP contribution in [-0.2, 0) is 16.0 Å². The molecule has 6 heteroatoms. The van der Waals surface area contributed by atoms with Gasteiger partial charge < -0.3 is 18.5 Å².